The van der Waals surface area contributed by atoms with Gasteiger partial charge in [-0.2, -0.15) is 0 Å². The second-order valence-electron chi connectivity index (χ2n) is 5.47. The molecule has 0 spiro atoms. The van der Waals surface area contributed by atoms with Gasteiger partial charge in [-0.05, 0) is 18.2 Å². The van der Waals surface area contributed by atoms with Crippen LogP contribution in [0.1, 0.15) is 11.6 Å². The Bertz CT molecular complexity index is 767. The van der Waals surface area contributed by atoms with Crippen molar-refractivity contribution in [2.45, 2.75) is 10.9 Å². The van der Waals surface area contributed by atoms with Gasteiger partial charge in [-0.15, -0.1) is 0 Å². The largest absolute Gasteiger partial charge is 0.333 e. The summed E-state index contributed by atoms with van der Waals surface area (Å²) < 4.78 is 28.4. The van der Waals surface area contributed by atoms with Gasteiger partial charge in [0.05, 0.1) is 25.7 Å². The molecule has 0 saturated heterocycles. The Labute approximate surface area is 150 Å². The fraction of sp³-hybridized carbons (Fsp3) is 0.250. The zero-order valence-electron chi connectivity index (χ0n) is 12.9. The zero-order chi connectivity index (χ0) is 17.0. The van der Waals surface area contributed by atoms with Gasteiger partial charge in [-0.1, -0.05) is 57.9 Å². The highest BCUT2D eigenvalue weighted by atomic mass is 79.9. The topological polar surface area (TPSA) is 50.6 Å². The highest BCUT2D eigenvalue weighted by molar-refractivity contribution is 9.10. The summed E-state index contributed by atoms with van der Waals surface area (Å²) in [5.41, 5.74) is 1.08. The van der Waals surface area contributed by atoms with Crippen molar-refractivity contribution in [3.05, 3.63) is 63.6 Å². The summed E-state index contributed by atoms with van der Waals surface area (Å²) in [6.45, 7) is 0.293. The molecule has 0 aliphatic rings. The average molecular weight is 419 g/mol. The van der Waals surface area contributed by atoms with Gasteiger partial charge >= 0.3 is 0 Å². The van der Waals surface area contributed by atoms with Crippen molar-refractivity contribution >= 4 is 37.6 Å². The number of quaternary nitrogens is 1. The van der Waals surface area contributed by atoms with Gasteiger partial charge < -0.3 is 4.90 Å². The smallest absolute Gasteiger partial charge is 0.242 e. The van der Waals surface area contributed by atoms with Crippen molar-refractivity contribution in [1.82, 2.24) is 4.72 Å². The first-order valence-corrected chi connectivity index (χ1v) is 9.76. The molecule has 0 amide bonds. The molecule has 0 aromatic heterocycles. The Hall–Kier alpha value is -0.920. The lowest BCUT2D eigenvalue weighted by Crippen LogP contribution is -3.07. The summed E-state index contributed by atoms with van der Waals surface area (Å²) >= 11 is 9.33. The van der Waals surface area contributed by atoms with Crippen LogP contribution in [0.15, 0.2) is 57.9 Å². The molecule has 23 heavy (non-hydrogen) atoms. The molecule has 7 heteroatoms. The fourth-order valence-electron chi connectivity index (χ4n) is 2.30. The molecule has 0 aliphatic heterocycles. The molecule has 2 aromatic carbocycles. The van der Waals surface area contributed by atoms with E-state index in [0.717, 1.165) is 14.9 Å². The van der Waals surface area contributed by atoms with Gasteiger partial charge in [0.1, 0.15) is 10.9 Å². The van der Waals surface area contributed by atoms with Gasteiger partial charge in [0.25, 0.3) is 0 Å². The van der Waals surface area contributed by atoms with E-state index in [4.69, 9.17) is 11.6 Å². The molecule has 0 heterocycles. The molecule has 0 saturated carbocycles. The van der Waals surface area contributed by atoms with Crippen molar-refractivity contribution in [2.24, 2.45) is 0 Å². The van der Waals surface area contributed by atoms with Gasteiger partial charge in [-0.25, -0.2) is 13.1 Å². The quantitative estimate of drug-likeness (QED) is 0.756. The summed E-state index contributed by atoms with van der Waals surface area (Å²) in [6.07, 6.45) is 0. The molecule has 0 unspecified atom stereocenters. The molecule has 4 nitrogen and oxygen atoms in total. The van der Waals surface area contributed by atoms with Crippen molar-refractivity contribution in [3.8, 4) is 0 Å². The van der Waals surface area contributed by atoms with E-state index < -0.39 is 10.0 Å². The van der Waals surface area contributed by atoms with Crippen molar-refractivity contribution < 1.29 is 13.3 Å². The maximum absolute atomic E-state index is 12.5. The third-order valence-corrected chi connectivity index (χ3v) is 5.96. The van der Waals surface area contributed by atoms with Crippen LogP contribution >= 0.6 is 27.5 Å². The Morgan fingerprint density at radius 3 is 2.39 bits per heavy atom. The standard InChI is InChI=1S/C16H18BrClN2O2S/c1-20(2)15(12-6-4-3-5-7-12)11-19-23(21,22)16-9-8-13(17)10-14(16)18/h3-10,15,19H,11H2,1-2H3/p+1/t15-/m1/s1. The number of nitrogens with one attached hydrogen (secondary N) is 2. The maximum Gasteiger partial charge on any atom is 0.242 e. The Morgan fingerprint density at radius 1 is 1.17 bits per heavy atom. The molecular formula is C16H19BrClN2O2S+. The first kappa shape index (κ1) is 18.4. The van der Waals surface area contributed by atoms with Crippen LogP contribution in [0.3, 0.4) is 0 Å². The van der Waals surface area contributed by atoms with E-state index in [9.17, 15) is 8.42 Å². The second-order valence-corrected chi connectivity index (χ2v) is 8.53. The fourth-order valence-corrected chi connectivity index (χ4v) is 4.39. The van der Waals surface area contributed by atoms with Crippen LogP contribution in [0.4, 0.5) is 0 Å². The second kappa shape index (κ2) is 7.77. The molecule has 1 atom stereocenters. The molecule has 2 rings (SSSR count). The summed E-state index contributed by atoms with van der Waals surface area (Å²) in [5, 5.41) is 0.195. The Balaban J connectivity index is 2.20. The highest BCUT2D eigenvalue weighted by Crippen LogP contribution is 2.25. The van der Waals surface area contributed by atoms with Crippen LogP contribution in [-0.2, 0) is 10.0 Å². The zero-order valence-corrected chi connectivity index (χ0v) is 16.0. The molecule has 0 aliphatic carbocycles. The third kappa shape index (κ3) is 4.78. The van der Waals surface area contributed by atoms with E-state index in [1.807, 2.05) is 44.4 Å². The predicted octanol–water partition coefficient (Wildman–Crippen LogP) is 2.27. The minimum absolute atomic E-state index is 0.0141. The number of benzene rings is 2. The number of rotatable bonds is 6. The minimum Gasteiger partial charge on any atom is -0.333 e. The van der Waals surface area contributed by atoms with E-state index in [1.165, 1.54) is 6.07 Å². The lowest BCUT2D eigenvalue weighted by atomic mass is 10.1. The van der Waals surface area contributed by atoms with E-state index in [-0.39, 0.29) is 16.0 Å². The van der Waals surface area contributed by atoms with Crippen molar-refractivity contribution in [3.63, 3.8) is 0 Å². The monoisotopic (exact) mass is 417 g/mol. The lowest BCUT2D eigenvalue weighted by Gasteiger charge is -2.22. The molecule has 0 bridgehead atoms. The lowest BCUT2D eigenvalue weighted by molar-refractivity contribution is -0.890. The van der Waals surface area contributed by atoms with E-state index in [2.05, 4.69) is 20.7 Å². The highest BCUT2D eigenvalue weighted by Gasteiger charge is 2.23. The molecule has 0 radical (unpaired) electrons. The first-order valence-electron chi connectivity index (χ1n) is 7.11. The Morgan fingerprint density at radius 2 is 1.83 bits per heavy atom. The Kier molecular flexibility index (Phi) is 6.22. The third-order valence-electron chi connectivity index (χ3n) is 3.56. The molecular weight excluding hydrogens is 400 g/mol. The van der Waals surface area contributed by atoms with Crippen LogP contribution in [0.5, 0.6) is 0 Å². The normalized spacial score (nSPS) is 13.3. The predicted molar refractivity (Wildman–Crippen MR) is 96.3 cm³/mol. The number of hydrogen-bond donors (Lipinski definition) is 2. The number of halogens is 2. The van der Waals surface area contributed by atoms with Crippen LogP contribution in [0.25, 0.3) is 0 Å². The molecule has 2 aromatic rings. The van der Waals surface area contributed by atoms with Crippen molar-refractivity contribution in [2.75, 3.05) is 20.6 Å². The van der Waals surface area contributed by atoms with Crippen LogP contribution in [-0.4, -0.2) is 29.1 Å². The molecule has 124 valence electrons. The molecule has 0 fully saturated rings. The maximum atomic E-state index is 12.5. The van der Waals surface area contributed by atoms with Gasteiger partial charge in [-0.3, -0.25) is 0 Å². The van der Waals surface area contributed by atoms with Gasteiger partial charge in [0, 0.05) is 10.0 Å². The number of likely N-dealkylation sites (N-methyl/N-ethyl adjacent to an activating group) is 1. The van der Waals surface area contributed by atoms with E-state index in [1.54, 1.807) is 12.1 Å². The summed E-state index contributed by atoms with van der Waals surface area (Å²) in [5.74, 6) is 0. The van der Waals surface area contributed by atoms with Crippen molar-refractivity contribution in [1.29, 1.82) is 0 Å². The SMILES string of the molecule is C[NH+](C)[C@H](CNS(=O)(=O)c1ccc(Br)cc1Cl)c1ccccc1. The van der Waals surface area contributed by atoms with Gasteiger partial charge in [0.15, 0.2) is 0 Å². The minimum atomic E-state index is -3.66. The first-order chi connectivity index (χ1) is 10.8. The van der Waals surface area contributed by atoms with Gasteiger partial charge in [0.2, 0.25) is 10.0 Å². The molecule has 2 N–H and O–H groups in total. The number of hydrogen-bond acceptors (Lipinski definition) is 2. The van der Waals surface area contributed by atoms with Crippen LogP contribution < -0.4 is 9.62 Å². The summed E-state index contributed by atoms with van der Waals surface area (Å²) in [7, 11) is 0.337. The number of sulfonamides is 1. The summed E-state index contributed by atoms with van der Waals surface area (Å²) in [4.78, 5) is 1.23. The van der Waals surface area contributed by atoms with Crippen LogP contribution in [0, 0.1) is 0 Å². The van der Waals surface area contributed by atoms with Crippen LogP contribution in [0.2, 0.25) is 5.02 Å². The summed E-state index contributed by atoms with van der Waals surface area (Å²) in [6, 6.07) is 14.6. The van der Waals surface area contributed by atoms with E-state index in [0.29, 0.717) is 6.54 Å². The average Bonchev–Trinajstić information content (AvgIpc) is 2.47. The van der Waals surface area contributed by atoms with E-state index >= 15 is 0 Å².